The van der Waals surface area contributed by atoms with Crippen LogP contribution in [0.15, 0.2) is 12.1 Å². The van der Waals surface area contributed by atoms with Crippen molar-refractivity contribution < 1.29 is 14.6 Å². The van der Waals surface area contributed by atoms with E-state index in [1.165, 1.54) is 0 Å². The summed E-state index contributed by atoms with van der Waals surface area (Å²) in [5.74, 6) is 2.53. The first-order valence-electron chi connectivity index (χ1n) is 5.67. The Bertz CT molecular complexity index is 385. The minimum atomic E-state index is 0.209. The molecule has 88 valence electrons. The lowest BCUT2D eigenvalue weighted by molar-refractivity contribution is 0.230. The SMILES string of the molecule is COc1ccc(O)c2c1C(C(C)C)CCO2. The van der Waals surface area contributed by atoms with Crippen LogP contribution < -0.4 is 9.47 Å². The van der Waals surface area contributed by atoms with Gasteiger partial charge in [-0.1, -0.05) is 13.8 Å². The molecule has 3 heteroatoms. The summed E-state index contributed by atoms with van der Waals surface area (Å²) in [5.41, 5.74) is 1.02. The lowest BCUT2D eigenvalue weighted by Crippen LogP contribution is -2.19. The first-order valence-corrected chi connectivity index (χ1v) is 5.67. The van der Waals surface area contributed by atoms with Crippen LogP contribution in [0, 0.1) is 5.92 Å². The van der Waals surface area contributed by atoms with Crippen molar-refractivity contribution in [2.45, 2.75) is 26.2 Å². The highest BCUT2D eigenvalue weighted by Gasteiger charge is 2.29. The number of hydrogen-bond acceptors (Lipinski definition) is 3. The highest BCUT2D eigenvalue weighted by molar-refractivity contribution is 5.56. The minimum absolute atomic E-state index is 0.209. The van der Waals surface area contributed by atoms with Crippen LogP contribution >= 0.6 is 0 Å². The summed E-state index contributed by atoms with van der Waals surface area (Å²) in [7, 11) is 1.65. The van der Waals surface area contributed by atoms with Gasteiger partial charge in [-0.05, 0) is 30.4 Å². The number of hydrogen-bond donors (Lipinski definition) is 1. The summed E-state index contributed by atoms with van der Waals surface area (Å²) >= 11 is 0. The molecule has 0 aromatic heterocycles. The maximum atomic E-state index is 9.80. The number of phenolic OH excluding ortho intramolecular Hbond substituents is 1. The third-order valence-electron chi connectivity index (χ3n) is 3.21. The molecular formula is C13H18O3. The predicted molar refractivity (Wildman–Crippen MR) is 62.3 cm³/mol. The van der Waals surface area contributed by atoms with E-state index in [0.29, 0.717) is 24.2 Å². The fourth-order valence-corrected chi connectivity index (χ4v) is 2.35. The van der Waals surface area contributed by atoms with Crippen molar-refractivity contribution in [3.8, 4) is 17.2 Å². The second kappa shape index (κ2) is 4.24. The van der Waals surface area contributed by atoms with Gasteiger partial charge in [-0.15, -0.1) is 0 Å². The number of rotatable bonds is 2. The highest BCUT2D eigenvalue weighted by Crippen LogP contribution is 2.47. The third kappa shape index (κ3) is 1.70. The van der Waals surface area contributed by atoms with Gasteiger partial charge in [-0.2, -0.15) is 0 Å². The van der Waals surface area contributed by atoms with E-state index in [1.54, 1.807) is 19.2 Å². The molecule has 1 aromatic carbocycles. The van der Waals surface area contributed by atoms with Crippen molar-refractivity contribution in [2.75, 3.05) is 13.7 Å². The smallest absolute Gasteiger partial charge is 0.168 e. The Hall–Kier alpha value is -1.38. The van der Waals surface area contributed by atoms with E-state index in [2.05, 4.69) is 13.8 Å². The molecule has 1 heterocycles. The van der Waals surface area contributed by atoms with E-state index < -0.39 is 0 Å². The van der Waals surface area contributed by atoms with Gasteiger partial charge in [-0.3, -0.25) is 0 Å². The van der Waals surface area contributed by atoms with Crippen molar-refractivity contribution in [1.29, 1.82) is 0 Å². The molecule has 16 heavy (non-hydrogen) atoms. The van der Waals surface area contributed by atoms with Gasteiger partial charge in [0.15, 0.2) is 11.5 Å². The summed E-state index contributed by atoms with van der Waals surface area (Å²) in [4.78, 5) is 0. The zero-order valence-corrected chi connectivity index (χ0v) is 9.99. The first kappa shape index (κ1) is 11.1. The molecule has 3 nitrogen and oxygen atoms in total. The molecule has 0 bridgehead atoms. The molecule has 0 aliphatic carbocycles. The van der Waals surface area contributed by atoms with Crippen LogP contribution in [0.5, 0.6) is 17.2 Å². The maximum absolute atomic E-state index is 9.80. The van der Waals surface area contributed by atoms with Crippen molar-refractivity contribution in [1.82, 2.24) is 0 Å². The second-order valence-electron chi connectivity index (χ2n) is 4.52. The van der Waals surface area contributed by atoms with Crippen LogP contribution in [0.3, 0.4) is 0 Å². The average molecular weight is 222 g/mol. The summed E-state index contributed by atoms with van der Waals surface area (Å²) < 4.78 is 10.9. The van der Waals surface area contributed by atoms with Crippen molar-refractivity contribution in [2.24, 2.45) is 5.92 Å². The van der Waals surface area contributed by atoms with Gasteiger partial charge in [0.05, 0.1) is 13.7 Å². The first-order chi connectivity index (χ1) is 7.65. The largest absolute Gasteiger partial charge is 0.504 e. The molecule has 0 spiro atoms. The molecule has 1 N–H and O–H groups in total. The van der Waals surface area contributed by atoms with E-state index in [1.807, 2.05) is 0 Å². The van der Waals surface area contributed by atoms with E-state index >= 15 is 0 Å². The highest BCUT2D eigenvalue weighted by atomic mass is 16.5. The Morgan fingerprint density at radius 3 is 2.81 bits per heavy atom. The molecule has 2 rings (SSSR count). The molecule has 0 fully saturated rings. The Labute approximate surface area is 96.0 Å². The molecule has 0 amide bonds. The van der Waals surface area contributed by atoms with Gasteiger partial charge in [0.25, 0.3) is 0 Å². The van der Waals surface area contributed by atoms with Crippen LogP contribution in [-0.4, -0.2) is 18.8 Å². The van der Waals surface area contributed by atoms with E-state index in [9.17, 15) is 5.11 Å². The molecule has 0 saturated carbocycles. The Morgan fingerprint density at radius 2 is 2.19 bits per heavy atom. The average Bonchev–Trinajstić information content (AvgIpc) is 2.29. The van der Waals surface area contributed by atoms with Crippen LogP contribution in [0.2, 0.25) is 0 Å². The van der Waals surface area contributed by atoms with Gasteiger partial charge in [-0.25, -0.2) is 0 Å². The normalized spacial score (nSPS) is 19.1. The molecule has 0 saturated heterocycles. The monoisotopic (exact) mass is 222 g/mol. The number of phenols is 1. The molecular weight excluding hydrogens is 204 g/mol. The number of fused-ring (bicyclic) bond motifs is 1. The predicted octanol–water partition coefficient (Wildman–Crippen LogP) is 2.92. The van der Waals surface area contributed by atoms with Crippen LogP contribution in [0.25, 0.3) is 0 Å². The molecule has 1 aromatic rings. The number of methoxy groups -OCH3 is 1. The second-order valence-corrected chi connectivity index (χ2v) is 4.52. The maximum Gasteiger partial charge on any atom is 0.168 e. The van der Waals surface area contributed by atoms with Gasteiger partial charge in [0.2, 0.25) is 0 Å². The lowest BCUT2D eigenvalue weighted by atomic mass is 9.83. The summed E-state index contributed by atoms with van der Waals surface area (Å²) in [5, 5.41) is 9.80. The van der Waals surface area contributed by atoms with E-state index in [-0.39, 0.29) is 5.75 Å². The van der Waals surface area contributed by atoms with Gasteiger partial charge in [0, 0.05) is 5.56 Å². The standard InChI is InChI=1S/C13H18O3/c1-8(2)9-6-7-16-13-10(14)4-5-11(15-3)12(9)13/h4-5,8-9,14H,6-7H2,1-3H3. The number of aromatic hydroxyl groups is 1. The molecule has 1 atom stereocenters. The fourth-order valence-electron chi connectivity index (χ4n) is 2.35. The number of ether oxygens (including phenoxy) is 2. The van der Waals surface area contributed by atoms with Crippen LogP contribution in [-0.2, 0) is 0 Å². The zero-order chi connectivity index (χ0) is 11.7. The molecule has 0 radical (unpaired) electrons. The van der Waals surface area contributed by atoms with Gasteiger partial charge >= 0.3 is 0 Å². The fraction of sp³-hybridized carbons (Fsp3) is 0.538. The molecule has 1 unspecified atom stereocenters. The topological polar surface area (TPSA) is 38.7 Å². The van der Waals surface area contributed by atoms with Gasteiger partial charge < -0.3 is 14.6 Å². The Kier molecular flexibility index (Phi) is 2.95. The zero-order valence-electron chi connectivity index (χ0n) is 9.99. The minimum Gasteiger partial charge on any atom is -0.504 e. The summed E-state index contributed by atoms with van der Waals surface area (Å²) in [6, 6.07) is 3.43. The van der Waals surface area contributed by atoms with Crippen molar-refractivity contribution in [3.63, 3.8) is 0 Å². The molecule has 1 aliphatic rings. The van der Waals surface area contributed by atoms with Crippen LogP contribution in [0.4, 0.5) is 0 Å². The van der Waals surface area contributed by atoms with E-state index in [0.717, 1.165) is 17.7 Å². The summed E-state index contributed by atoms with van der Waals surface area (Å²) in [6.07, 6.45) is 0.977. The van der Waals surface area contributed by atoms with Crippen molar-refractivity contribution >= 4 is 0 Å². The Morgan fingerprint density at radius 1 is 1.44 bits per heavy atom. The Balaban J connectivity index is 2.55. The number of benzene rings is 1. The summed E-state index contributed by atoms with van der Waals surface area (Å²) in [6.45, 7) is 5.03. The quantitative estimate of drug-likeness (QED) is 0.836. The lowest BCUT2D eigenvalue weighted by Gasteiger charge is -2.30. The molecule has 1 aliphatic heterocycles. The van der Waals surface area contributed by atoms with E-state index in [4.69, 9.17) is 9.47 Å². The third-order valence-corrected chi connectivity index (χ3v) is 3.21. The van der Waals surface area contributed by atoms with Crippen LogP contribution in [0.1, 0.15) is 31.7 Å². The van der Waals surface area contributed by atoms with Crippen molar-refractivity contribution in [3.05, 3.63) is 17.7 Å². The van der Waals surface area contributed by atoms with Gasteiger partial charge in [0.1, 0.15) is 5.75 Å².